The molecule has 0 aromatic rings. The highest BCUT2D eigenvalue weighted by atomic mass is 35.5. The van der Waals surface area contributed by atoms with Crippen LogP contribution in [0.25, 0.3) is 0 Å². The lowest BCUT2D eigenvalue weighted by Crippen LogP contribution is -2.09. The summed E-state index contributed by atoms with van der Waals surface area (Å²) in [5.41, 5.74) is 2.24. The van der Waals surface area contributed by atoms with Crippen molar-refractivity contribution in [2.45, 2.75) is 70.3 Å². The van der Waals surface area contributed by atoms with E-state index in [1.54, 1.807) is 0 Å². The van der Waals surface area contributed by atoms with Gasteiger partial charge in [-0.2, -0.15) is 0 Å². The molecule has 0 aromatic carbocycles. The molecule has 3 atom stereocenters. The van der Waals surface area contributed by atoms with Gasteiger partial charge in [-0.1, -0.05) is 57.4 Å². The van der Waals surface area contributed by atoms with Crippen LogP contribution in [-0.4, -0.2) is 16.6 Å². The zero-order valence-corrected chi connectivity index (χ0v) is 13.7. The molecule has 1 aliphatic carbocycles. The summed E-state index contributed by atoms with van der Waals surface area (Å²) in [6, 6.07) is 0. The summed E-state index contributed by atoms with van der Waals surface area (Å²) in [7, 11) is 0. The first-order valence-electron chi connectivity index (χ1n) is 7.93. The minimum atomic E-state index is -0.320. The van der Waals surface area contributed by atoms with Crippen LogP contribution >= 0.6 is 11.6 Å². The highest BCUT2D eigenvalue weighted by Gasteiger charge is 2.26. The molecule has 0 spiro atoms. The average Bonchev–Trinajstić information content (AvgIpc) is 2.86. The van der Waals surface area contributed by atoms with Gasteiger partial charge in [-0.15, -0.1) is 11.6 Å². The molecule has 1 rings (SSSR count). The summed E-state index contributed by atoms with van der Waals surface area (Å²) in [6.45, 7) is 8.08. The van der Waals surface area contributed by atoms with Crippen molar-refractivity contribution in [1.29, 1.82) is 0 Å². The van der Waals surface area contributed by atoms with Gasteiger partial charge < -0.3 is 5.11 Å². The van der Waals surface area contributed by atoms with Crippen molar-refractivity contribution in [2.24, 2.45) is 5.92 Å². The number of alkyl halides is 1. The Morgan fingerprint density at radius 3 is 2.65 bits per heavy atom. The predicted octanol–water partition coefficient (Wildman–Crippen LogP) is 5.39. The van der Waals surface area contributed by atoms with Crippen LogP contribution in [0, 0.1) is 5.92 Å². The molecule has 114 valence electrons. The lowest BCUT2D eigenvalue weighted by atomic mass is 9.95. The Kier molecular flexibility index (Phi) is 8.25. The Labute approximate surface area is 129 Å². The lowest BCUT2D eigenvalue weighted by molar-refractivity contribution is 0.196. The van der Waals surface area contributed by atoms with E-state index in [2.05, 4.69) is 19.6 Å². The van der Waals surface area contributed by atoms with Gasteiger partial charge in [0.1, 0.15) is 0 Å². The van der Waals surface area contributed by atoms with Crippen molar-refractivity contribution in [3.8, 4) is 0 Å². The van der Waals surface area contributed by atoms with Crippen LogP contribution in [0.1, 0.15) is 58.8 Å². The van der Waals surface area contributed by atoms with E-state index < -0.39 is 0 Å². The molecule has 1 nitrogen and oxygen atoms in total. The maximum Gasteiger partial charge on any atom is 0.0750 e. The first kappa shape index (κ1) is 17.5. The molecule has 0 saturated heterocycles. The fourth-order valence-electron chi connectivity index (χ4n) is 2.79. The van der Waals surface area contributed by atoms with Crippen LogP contribution in [0.4, 0.5) is 0 Å². The van der Waals surface area contributed by atoms with Crippen LogP contribution in [0.3, 0.4) is 0 Å². The lowest BCUT2D eigenvalue weighted by Gasteiger charge is -2.15. The second kappa shape index (κ2) is 9.41. The van der Waals surface area contributed by atoms with Crippen LogP contribution < -0.4 is 0 Å². The second-order valence-corrected chi connectivity index (χ2v) is 6.41. The van der Waals surface area contributed by atoms with Crippen LogP contribution in [-0.2, 0) is 0 Å². The number of unbranched alkanes of at least 4 members (excludes halogenated alkanes) is 2. The van der Waals surface area contributed by atoms with Gasteiger partial charge in [-0.3, -0.25) is 0 Å². The summed E-state index contributed by atoms with van der Waals surface area (Å²) in [5.74, 6) is 0.426. The number of hydrogen-bond donors (Lipinski definition) is 1. The summed E-state index contributed by atoms with van der Waals surface area (Å²) in [4.78, 5) is 0. The molecular formula is C18H29ClO. The average molecular weight is 297 g/mol. The molecule has 0 bridgehead atoms. The Hall–Kier alpha value is -0.530. The Morgan fingerprint density at radius 1 is 1.35 bits per heavy atom. The monoisotopic (exact) mass is 296 g/mol. The fraction of sp³-hybridized carbons (Fsp3) is 0.667. The first-order valence-corrected chi connectivity index (χ1v) is 8.36. The van der Waals surface area contributed by atoms with E-state index in [0.29, 0.717) is 5.92 Å². The molecule has 1 fully saturated rings. The Bertz CT molecular complexity index is 356. The number of allylic oxidation sites excluding steroid dienone is 4. The van der Waals surface area contributed by atoms with Gasteiger partial charge in [0.25, 0.3) is 0 Å². The van der Waals surface area contributed by atoms with Gasteiger partial charge in [0.2, 0.25) is 0 Å². The smallest absolute Gasteiger partial charge is 0.0750 e. The number of halogens is 1. The molecule has 1 saturated carbocycles. The minimum Gasteiger partial charge on any atom is -0.389 e. The first-order chi connectivity index (χ1) is 9.60. The van der Waals surface area contributed by atoms with E-state index in [1.807, 2.05) is 19.1 Å². The molecule has 0 heterocycles. The SMILES string of the molecule is C=C/C(=C\C=C(/C)C(O)CCCCC)C1CCCC1Cl. The van der Waals surface area contributed by atoms with E-state index in [-0.39, 0.29) is 11.5 Å². The van der Waals surface area contributed by atoms with E-state index in [0.717, 1.165) is 31.3 Å². The number of aliphatic hydroxyl groups is 1. The van der Waals surface area contributed by atoms with Crippen molar-refractivity contribution in [1.82, 2.24) is 0 Å². The zero-order valence-electron chi connectivity index (χ0n) is 12.9. The third-order valence-electron chi connectivity index (χ3n) is 4.24. The Morgan fingerprint density at radius 2 is 2.10 bits per heavy atom. The van der Waals surface area contributed by atoms with Crippen molar-refractivity contribution >= 4 is 11.6 Å². The highest BCUT2D eigenvalue weighted by molar-refractivity contribution is 6.21. The van der Waals surface area contributed by atoms with E-state index in [9.17, 15) is 5.11 Å². The molecule has 0 aliphatic heterocycles. The molecule has 0 amide bonds. The third-order valence-corrected chi connectivity index (χ3v) is 4.76. The van der Waals surface area contributed by atoms with Crippen molar-refractivity contribution in [3.63, 3.8) is 0 Å². The topological polar surface area (TPSA) is 20.2 Å². The van der Waals surface area contributed by atoms with Crippen LogP contribution in [0.2, 0.25) is 0 Å². The van der Waals surface area contributed by atoms with Crippen LogP contribution in [0.15, 0.2) is 36.0 Å². The van der Waals surface area contributed by atoms with E-state index in [4.69, 9.17) is 11.6 Å². The number of aliphatic hydroxyl groups excluding tert-OH is 1. The summed E-state index contributed by atoms with van der Waals surface area (Å²) < 4.78 is 0. The summed E-state index contributed by atoms with van der Waals surface area (Å²) in [6.07, 6.45) is 13.5. The van der Waals surface area contributed by atoms with E-state index in [1.165, 1.54) is 24.8 Å². The van der Waals surface area contributed by atoms with Crippen molar-refractivity contribution < 1.29 is 5.11 Å². The van der Waals surface area contributed by atoms with Gasteiger partial charge in [-0.05, 0) is 37.3 Å². The van der Waals surface area contributed by atoms with Crippen LogP contribution in [0.5, 0.6) is 0 Å². The normalized spacial score (nSPS) is 25.8. The molecule has 3 unspecified atom stereocenters. The standard InChI is InChI=1S/C18H29ClO/c1-4-6-7-11-18(20)14(3)12-13-15(5-2)16-9-8-10-17(16)19/h5,12-13,16-18,20H,2,4,6-11H2,1,3H3/b14-12+,15-13+. The molecular weight excluding hydrogens is 268 g/mol. The number of rotatable bonds is 8. The van der Waals surface area contributed by atoms with Gasteiger partial charge in [0, 0.05) is 11.3 Å². The maximum absolute atomic E-state index is 10.1. The molecule has 0 aromatic heterocycles. The fourth-order valence-corrected chi connectivity index (χ4v) is 3.21. The molecule has 2 heteroatoms. The van der Waals surface area contributed by atoms with Gasteiger partial charge in [0.05, 0.1) is 6.10 Å². The second-order valence-electron chi connectivity index (χ2n) is 5.85. The van der Waals surface area contributed by atoms with Gasteiger partial charge >= 0.3 is 0 Å². The summed E-state index contributed by atoms with van der Waals surface area (Å²) in [5, 5.41) is 10.3. The molecule has 20 heavy (non-hydrogen) atoms. The van der Waals surface area contributed by atoms with E-state index >= 15 is 0 Å². The maximum atomic E-state index is 10.1. The largest absolute Gasteiger partial charge is 0.389 e. The van der Waals surface area contributed by atoms with Gasteiger partial charge in [0.15, 0.2) is 0 Å². The quantitative estimate of drug-likeness (QED) is 0.361. The number of hydrogen-bond acceptors (Lipinski definition) is 1. The third kappa shape index (κ3) is 5.46. The predicted molar refractivity (Wildman–Crippen MR) is 89.2 cm³/mol. The van der Waals surface area contributed by atoms with Crippen molar-refractivity contribution in [3.05, 3.63) is 36.0 Å². The highest BCUT2D eigenvalue weighted by Crippen LogP contribution is 2.35. The Balaban J connectivity index is 2.60. The van der Waals surface area contributed by atoms with Crippen molar-refractivity contribution in [2.75, 3.05) is 0 Å². The molecule has 0 radical (unpaired) electrons. The zero-order chi connectivity index (χ0) is 15.0. The summed E-state index contributed by atoms with van der Waals surface area (Å²) >= 11 is 6.36. The minimum absolute atomic E-state index is 0.238. The molecule has 1 aliphatic rings. The molecule has 1 N–H and O–H groups in total. The van der Waals surface area contributed by atoms with Gasteiger partial charge in [-0.25, -0.2) is 0 Å².